The predicted octanol–water partition coefficient (Wildman–Crippen LogP) is -0.595. The summed E-state index contributed by atoms with van der Waals surface area (Å²) in [5.41, 5.74) is 0. The zero-order valence-electron chi connectivity index (χ0n) is 7.77. The van der Waals surface area contributed by atoms with Gasteiger partial charge in [-0.2, -0.15) is 0 Å². The van der Waals surface area contributed by atoms with E-state index in [-0.39, 0.29) is 12.1 Å². The quantitative estimate of drug-likeness (QED) is 0.559. The minimum Gasteiger partial charge on any atom is -0.386 e. The fourth-order valence-electron chi connectivity index (χ4n) is 1.56. The summed E-state index contributed by atoms with van der Waals surface area (Å²) in [7, 11) is 3.78. The van der Waals surface area contributed by atoms with Gasteiger partial charge in [-0.15, -0.1) is 0 Å². The zero-order valence-corrected chi connectivity index (χ0v) is 7.77. The lowest BCUT2D eigenvalue weighted by molar-refractivity contribution is -0.230. The molecule has 72 valence electrons. The van der Waals surface area contributed by atoms with Gasteiger partial charge in [0.25, 0.3) is 0 Å². The molecule has 0 aromatic heterocycles. The minimum atomic E-state index is -1.04. The van der Waals surface area contributed by atoms with Crippen LogP contribution in [0.5, 0.6) is 0 Å². The maximum absolute atomic E-state index is 9.51. The standard InChI is InChI=1S/C8H17NO3/c1-5-4-6(9(2)3)7(10)8(11)12-5/h5-8,10-11H,4H2,1-3H3/t5-,6+,7?,8-/m1/s1. The molecule has 1 saturated heterocycles. The largest absolute Gasteiger partial charge is 0.386 e. The first-order valence-corrected chi connectivity index (χ1v) is 4.20. The summed E-state index contributed by atoms with van der Waals surface area (Å²) in [6.45, 7) is 1.89. The molecule has 2 N–H and O–H groups in total. The van der Waals surface area contributed by atoms with E-state index in [4.69, 9.17) is 4.74 Å². The summed E-state index contributed by atoms with van der Waals surface area (Å²) in [4.78, 5) is 1.91. The summed E-state index contributed by atoms with van der Waals surface area (Å²) < 4.78 is 5.06. The van der Waals surface area contributed by atoms with Crippen molar-refractivity contribution in [3.05, 3.63) is 0 Å². The van der Waals surface area contributed by atoms with E-state index in [9.17, 15) is 10.2 Å². The lowest BCUT2D eigenvalue weighted by Crippen LogP contribution is -2.53. The Morgan fingerprint density at radius 1 is 1.33 bits per heavy atom. The highest BCUT2D eigenvalue weighted by molar-refractivity contribution is 4.84. The van der Waals surface area contributed by atoms with Crippen molar-refractivity contribution in [2.24, 2.45) is 0 Å². The van der Waals surface area contributed by atoms with E-state index in [1.807, 2.05) is 25.9 Å². The van der Waals surface area contributed by atoms with Crippen LogP contribution in [-0.2, 0) is 4.74 Å². The maximum Gasteiger partial charge on any atom is 0.182 e. The first-order chi connectivity index (χ1) is 5.52. The van der Waals surface area contributed by atoms with Gasteiger partial charge in [0.2, 0.25) is 0 Å². The van der Waals surface area contributed by atoms with Crippen molar-refractivity contribution in [1.29, 1.82) is 0 Å². The normalized spacial score (nSPS) is 43.5. The van der Waals surface area contributed by atoms with Gasteiger partial charge in [0.1, 0.15) is 6.10 Å². The van der Waals surface area contributed by atoms with E-state index < -0.39 is 12.4 Å². The van der Waals surface area contributed by atoms with E-state index in [1.165, 1.54) is 0 Å². The van der Waals surface area contributed by atoms with Crippen molar-refractivity contribution in [2.75, 3.05) is 14.1 Å². The third-order valence-corrected chi connectivity index (χ3v) is 2.29. The second kappa shape index (κ2) is 3.70. The molecule has 1 fully saturated rings. The average molecular weight is 175 g/mol. The highest BCUT2D eigenvalue weighted by atomic mass is 16.6. The van der Waals surface area contributed by atoms with E-state index in [1.54, 1.807) is 0 Å². The van der Waals surface area contributed by atoms with Crippen LogP contribution in [-0.4, -0.2) is 53.7 Å². The van der Waals surface area contributed by atoms with Gasteiger partial charge in [0.15, 0.2) is 6.29 Å². The van der Waals surface area contributed by atoms with Crippen LogP contribution in [0.3, 0.4) is 0 Å². The van der Waals surface area contributed by atoms with Crippen LogP contribution in [0.4, 0.5) is 0 Å². The van der Waals surface area contributed by atoms with Crippen molar-refractivity contribution in [3.8, 4) is 0 Å². The minimum absolute atomic E-state index is 0.01000. The van der Waals surface area contributed by atoms with Gasteiger partial charge in [0, 0.05) is 6.04 Å². The smallest absolute Gasteiger partial charge is 0.182 e. The third-order valence-electron chi connectivity index (χ3n) is 2.29. The fourth-order valence-corrected chi connectivity index (χ4v) is 1.56. The summed E-state index contributed by atoms with van der Waals surface area (Å²) in [6, 6.07) is -0.0104. The molecule has 0 aromatic rings. The van der Waals surface area contributed by atoms with Gasteiger partial charge >= 0.3 is 0 Å². The van der Waals surface area contributed by atoms with Crippen molar-refractivity contribution in [2.45, 2.75) is 37.9 Å². The van der Waals surface area contributed by atoms with Crippen LogP contribution in [0.25, 0.3) is 0 Å². The number of hydrogen-bond acceptors (Lipinski definition) is 4. The van der Waals surface area contributed by atoms with Crippen LogP contribution in [0.2, 0.25) is 0 Å². The number of hydrogen-bond donors (Lipinski definition) is 2. The Morgan fingerprint density at radius 2 is 1.92 bits per heavy atom. The lowest BCUT2D eigenvalue weighted by Gasteiger charge is -2.38. The van der Waals surface area contributed by atoms with Crippen LogP contribution in [0.1, 0.15) is 13.3 Å². The molecule has 0 amide bonds. The van der Waals surface area contributed by atoms with E-state index in [0.29, 0.717) is 0 Å². The van der Waals surface area contributed by atoms with Gasteiger partial charge in [-0.25, -0.2) is 0 Å². The van der Waals surface area contributed by atoms with Crippen LogP contribution in [0.15, 0.2) is 0 Å². The van der Waals surface area contributed by atoms with Gasteiger partial charge in [0.05, 0.1) is 6.10 Å². The first-order valence-electron chi connectivity index (χ1n) is 4.20. The van der Waals surface area contributed by atoms with Crippen molar-refractivity contribution in [1.82, 2.24) is 4.90 Å². The second-order valence-corrected chi connectivity index (χ2v) is 3.59. The van der Waals surface area contributed by atoms with Crippen molar-refractivity contribution < 1.29 is 14.9 Å². The predicted molar refractivity (Wildman–Crippen MR) is 44.7 cm³/mol. The number of aliphatic hydroxyl groups is 2. The Hall–Kier alpha value is -0.160. The Bertz CT molecular complexity index is 151. The molecule has 1 heterocycles. The Morgan fingerprint density at radius 3 is 2.42 bits per heavy atom. The molecule has 4 nitrogen and oxygen atoms in total. The monoisotopic (exact) mass is 175 g/mol. The van der Waals surface area contributed by atoms with E-state index >= 15 is 0 Å². The molecule has 1 unspecified atom stereocenters. The van der Waals surface area contributed by atoms with Crippen molar-refractivity contribution >= 4 is 0 Å². The molecule has 4 atom stereocenters. The molecule has 12 heavy (non-hydrogen) atoms. The van der Waals surface area contributed by atoms with E-state index in [2.05, 4.69) is 0 Å². The molecule has 0 aromatic carbocycles. The topological polar surface area (TPSA) is 52.9 Å². The number of nitrogens with zero attached hydrogens (tertiary/aromatic N) is 1. The second-order valence-electron chi connectivity index (χ2n) is 3.59. The van der Waals surface area contributed by atoms with Gasteiger partial charge in [-0.3, -0.25) is 0 Å². The number of aliphatic hydroxyl groups excluding tert-OH is 2. The first kappa shape index (κ1) is 9.92. The molecule has 1 aliphatic rings. The maximum atomic E-state index is 9.51. The van der Waals surface area contributed by atoms with Crippen LogP contribution >= 0.6 is 0 Å². The van der Waals surface area contributed by atoms with Gasteiger partial charge in [-0.1, -0.05) is 0 Å². The van der Waals surface area contributed by atoms with Gasteiger partial charge < -0.3 is 19.8 Å². The van der Waals surface area contributed by atoms with E-state index in [0.717, 1.165) is 6.42 Å². The molecule has 0 saturated carbocycles. The fraction of sp³-hybridized carbons (Fsp3) is 1.00. The highest BCUT2D eigenvalue weighted by Crippen LogP contribution is 2.21. The summed E-state index contributed by atoms with van der Waals surface area (Å²) in [5, 5.41) is 18.8. The van der Waals surface area contributed by atoms with Crippen molar-refractivity contribution in [3.63, 3.8) is 0 Å². The zero-order chi connectivity index (χ0) is 9.30. The molecular formula is C8H17NO3. The summed E-state index contributed by atoms with van der Waals surface area (Å²) in [5.74, 6) is 0. The molecule has 0 bridgehead atoms. The summed E-state index contributed by atoms with van der Waals surface area (Å²) >= 11 is 0. The molecule has 0 aliphatic carbocycles. The lowest BCUT2D eigenvalue weighted by atomic mass is 9.99. The third kappa shape index (κ3) is 1.95. The molecule has 0 radical (unpaired) electrons. The number of ether oxygens (including phenoxy) is 1. The highest BCUT2D eigenvalue weighted by Gasteiger charge is 2.35. The molecular weight excluding hydrogens is 158 g/mol. The Balaban J connectivity index is 2.60. The summed E-state index contributed by atoms with van der Waals surface area (Å²) in [6.07, 6.45) is -1.07. The average Bonchev–Trinajstić information content (AvgIpc) is 1.96. The molecule has 1 rings (SSSR count). The number of rotatable bonds is 1. The molecule has 1 aliphatic heterocycles. The SMILES string of the molecule is C[C@@H]1C[C@H](N(C)C)C(O)[C@H](O)O1. The Labute approximate surface area is 72.7 Å². The molecule has 0 spiro atoms. The molecule has 4 heteroatoms. The van der Waals surface area contributed by atoms with Gasteiger partial charge in [-0.05, 0) is 27.4 Å². The van der Waals surface area contributed by atoms with Crippen LogP contribution in [0, 0.1) is 0 Å². The van der Waals surface area contributed by atoms with Crippen LogP contribution < -0.4 is 0 Å². The number of likely N-dealkylation sites (N-methyl/N-ethyl adjacent to an activating group) is 1. The Kier molecular flexibility index (Phi) is 3.06.